The largest absolute Gasteiger partial charge is 0.469 e. The smallest absolute Gasteiger partial charge is 0.307 e. The topological polar surface area (TPSA) is 58.6 Å². The number of piperazine rings is 1. The Hall–Kier alpha value is -1.95. The van der Waals surface area contributed by atoms with Gasteiger partial charge < -0.3 is 10.1 Å². The number of rotatable bonds is 5. The van der Waals surface area contributed by atoms with Crippen LogP contribution in [0.25, 0.3) is 0 Å². The first-order valence-electron chi connectivity index (χ1n) is 7.35. The van der Waals surface area contributed by atoms with Crippen LogP contribution in [0.5, 0.6) is 0 Å². The molecule has 1 fully saturated rings. The van der Waals surface area contributed by atoms with E-state index in [9.17, 15) is 14.0 Å². The molecule has 0 saturated carbocycles. The van der Waals surface area contributed by atoms with Crippen molar-refractivity contribution < 1.29 is 18.7 Å². The van der Waals surface area contributed by atoms with Gasteiger partial charge >= 0.3 is 5.97 Å². The van der Waals surface area contributed by atoms with Gasteiger partial charge in [0.2, 0.25) is 5.91 Å². The van der Waals surface area contributed by atoms with Crippen LogP contribution in [0.4, 0.5) is 4.39 Å². The van der Waals surface area contributed by atoms with Crippen molar-refractivity contribution in [2.45, 2.75) is 25.3 Å². The number of methoxy groups -OCH3 is 1. The highest BCUT2D eigenvalue weighted by Crippen LogP contribution is 2.20. The lowest BCUT2D eigenvalue weighted by Gasteiger charge is -2.36. The van der Waals surface area contributed by atoms with Crippen LogP contribution < -0.4 is 5.32 Å². The lowest BCUT2D eigenvalue weighted by atomic mass is 9.98. The fourth-order valence-electron chi connectivity index (χ4n) is 2.69. The number of carbonyl (C=O) groups is 2. The molecule has 2 atom stereocenters. The van der Waals surface area contributed by atoms with Crippen LogP contribution in [-0.4, -0.2) is 49.6 Å². The Kier molecular flexibility index (Phi) is 5.49. The zero-order valence-corrected chi connectivity index (χ0v) is 12.8. The Bertz CT molecular complexity index is 533. The molecule has 0 aromatic heterocycles. The number of halogens is 1. The first-order chi connectivity index (χ1) is 10.5. The van der Waals surface area contributed by atoms with Crippen LogP contribution >= 0.6 is 0 Å². The van der Waals surface area contributed by atoms with Crippen LogP contribution in [-0.2, 0) is 14.3 Å². The van der Waals surface area contributed by atoms with Crippen molar-refractivity contribution in [3.05, 3.63) is 35.6 Å². The van der Waals surface area contributed by atoms with Crippen molar-refractivity contribution in [3.63, 3.8) is 0 Å². The highest BCUT2D eigenvalue weighted by atomic mass is 19.1. The van der Waals surface area contributed by atoms with Crippen molar-refractivity contribution in [3.8, 4) is 0 Å². The molecule has 1 heterocycles. The highest BCUT2D eigenvalue weighted by Gasteiger charge is 2.32. The molecule has 5 nitrogen and oxygen atoms in total. The van der Waals surface area contributed by atoms with Gasteiger partial charge in [0.1, 0.15) is 5.82 Å². The maximum atomic E-state index is 13.0. The van der Waals surface area contributed by atoms with Crippen molar-refractivity contribution in [2.24, 2.45) is 0 Å². The summed E-state index contributed by atoms with van der Waals surface area (Å²) in [5.41, 5.74) is 1.00. The molecule has 1 N–H and O–H groups in total. The first-order valence-corrected chi connectivity index (χ1v) is 7.35. The van der Waals surface area contributed by atoms with E-state index in [1.807, 2.05) is 11.8 Å². The molecular formula is C16H21FN2O3. The zero-order chi connectivity index (χ0) is 16.1. The van der Waals surface area contributed by atoms with Crippen LogP contribution in [0.2, 0.25) is 0 Å². The fourth-order valence-corrected chi connectivity index (χ4v) is 2.69. The summed E-state index contributed by atoms with van der Waals surface area (Å²) >= 11 is 0. The van der Waals surface area contributed by atoms with Gasteiger partial charge in [-0.15, -0.1) is 0 Å². The van der Waals surface area contributed by atoms with Crippen molar-refractivity contribution in [1.29, 1.82) is 0 Å². The van der Waals surface area contributed by atoms with Gasteiger partial charge in [0, 0.05) is 19.6 Å². The van der Waals surface area contributed by atoms with E-state index in [4.69, 9.17) is 0 Å². The number of hydrogen-bond donors (Lipinski definition) is 1. The minimum atomic E-state index is -0.510. The summed E-state index contributed by atoms with van der Waals surface area (Å²) in [6.07, 6.45) is 0.0401. The van der Waals surface area contributed by atoms with Gasteiger partial charge in [-0.2, -0.15) is 0 Å². The van der Waals surface area contributed by atoms with E-state index >= 15 is 0 Å². The molecule has 1 aromatic carbocycles. The molecule has 1 amide bonds. The van der Waals surface area contributed by atoms with Gasteiger partial charge in [0.05, 0.1) is 19.6 Å². The molecule has 22 heavy (non-hydrogen) atoms. The number of ether oxygens (including phenoxy) is 1. The van der Waals surface area contributed by atoms with E-state index in [0.29, 0.717) is 19.6 Å². The number of amides is 1. The maximum absolute atomic E-state index is 13.0. The Morgan fingerprint density at radius 1 is 1.45 bits per heavy atom. The molecule has 2 rings (SSSR count). The summed E-state index contributed by atoms with van der Waals surface area (Å²) in [7, 11) is 1.31. The van der Waals surface area contributed by atoms with Crippen LogP contribution in [0, 0.1) is 5.82 Å². The van der Waals surface area contributed by atoms with Crippen LogP contribution in [0.15, 0.2) is 24.3 Å². The van der Waals surface area contributed by atoms with E-state index < -0.39 is 12.0 Å². The standard InChI is InChI=1S/C16H21FN2O3/c1-11(12-3-5-13(17)6-4-12)10-19-8-7-18-16(21)14(19)9-15(20)22-2/h3-6,11,14H,7-10H2,1-2H3,(H,18,21)/t11-,14+/m0/s1. The molecule has 120 valence electrons. The third kappa shape index (κ3) is 4.04. The quantitative estimate of drug-likeness (QED) is 0.833. The lowest BCUT2D eigenvalue weighted by Crippen LogP contribution is -2.56. The molecular weight excluding hydrogens is 287 g/mol. The molecule has 1 saturated heterocycles. The van der Waals surface area contributed by atoms with Crippen LogP contribution in [0.1, 0.15) is 24.8 Å². The summed E-state index contributed by atoms with van der Waals surface area (Å²) in [6.45, 7) is 3.89. The molecule has 0 aliphatic carbocycles. The zero-order valence-electron chi connectivity index (χ0n) is 12.8. The Balaban J connectivity index is 2.05. The SMILES string of the molecule is COC(=O)C[C@@H]1C(=O)NCCN1C[C@H](C)c1ccc(F)cc1. The molecule has 0 spiro atoms. The van der Waals surface area contributed by atoms with E-state index in [-0.39, 0.29) is 24.1 Å². The lowest BCUT2D eigenvalue weighted by molar-refractivity contribution is -0.146. The molecule has 0 radical (unpaired) electrons. The maximum Gasteiger partial charge on any atom is 0.307 e. The normalized spacial score (nSPS) is 20.3. The van der Waals surface area contributed by atoms with Gasteiger partial charge in [0.25, 0.3) is 0 Å². The third-order valence-electron chi connectivity index (χ3n) is 3.98. The molecule has 6 heteroatoms. The summed E-state index contributed by atoms with van der Waals surface area (Å²) in [6, 6.07) is 5.85. The van der Waals surface area contributed by atoms with Gasteiger partial charge in [-0.05, 0) is 23.6 Å². The van der Waals surface area contributed by atoms with Crippen molar-refractivity contribution in [1.82, 2.24) is 10.2 Å². The van der Waals surface area contributed by atoms with E-state index in [1.165, 1.54) is 19.2 Å². The number of carbonyl (C=O) groups excluding carboxylic acids is 2. The first kappa shape index (κ1) is 16.4. The highest BCUT2D eigenvalue weighted by molar-refractivity contribution is 5.87. The Morgan fingerprint density at radius 2 is 2.14 bits per heavy atom. The average Bonchev–Trinajstić information content (AvgIpc) is 2.51. The average molecular weight is 308 g/mol. The molecule has 1 aliphatic heterocycles. The summed E-state index contributed by atoms with van der Waals surface area (Å²) in [5, 5.41) is 2.77. The Labute approximate surface area is 129 Å². The van der Waals surface area contributed by atoms with Gasteiger partial charge in [-0.1, -0.05) is 19.1 Å². The second-order valence-electron chi connectivity index (χ2n) is 5.53. The molecule has 0 unspecified atom stereocenters. The summed E-state index contributed by atoms with van der Waals surface area (Å²) in [4.78, 5) is 25.5. The second kappa shape index (κ2) is 7.35. The summed E-state index contributed by atoms with van der Waals surface area (Å²) in [5.74, 6) is -0.687. The van der Waals surface area contributed by atoms with E-state index in [2.05, 4.69) is 10.1 Å². The monoisotopic (exact) mass is 308 g/mol. The van der Waals surface area contributed by atoms with Crippen LogP contribution in [0.3, 0.4) is 0 Å². The molecule has 0 bridgehead atoms. The number of benzene rings is 1. The number of esters is 1. The summed E-state index contributed by atoms with van der Waals surface area (Å²) < 4.78 is 17.7. The van der Waals surface area contributed by atoms with Gasteiger partial charge in [0.15, 0.2) is 0 Å². The van der Waals surface area contributed by atoms with E-state index in [0.717, 1.165) is 5.56 Å². The van der Waals surface area contributed by atoms with E-state index in [1.54, 1.807) is 12.1 Å². The molecule has 1 aromatic rings. The number of nitrogens with one attached hydrogen (secondary N) is 1. The Morgan fingerprint density at radius 3 is 2.77 bits per heavy atom. The predicted molar refractivity (Wildman–Crippen MR) is 79.8 cm³/mol. The van der Waals surface area contributed by atoms with Gasteiger partial charge in [-0.25, -0.2) is 4.39 Å². The van der Waals surface area contributed by atoms with Crippen molar-refractivity contribution >= 4 is 11.9 Å². The minimum Gasteiger partial charge on any atom is -0.469 e. The van der Waals surface area contributed by atoms with Gasteiger partial charge in [-0.3, -0.25) is 14.5 Å². The third-order valence-corrected chi connectivity index (χ3v) is 3.98. The number of nitrogens with zero attached hydrogens (tertiary/aromatic N) is 1. The predicted octanol–water partition coefficient (Wildman–Crippen LogP) is 1.29. The second-order valence-corrected chi connectivity index (χ2v) is 5.53. The fraction of sp³-hybridized carbons (Fsp3) is 0.500. The van der Waals surface area contributed by atoms with Crippen molar-refractivity contribution in [2.75, 3.05) is 26.7 Å². The number of hydrogen-bond acceptors (Lipinski definition) is 4. The molecule has 1 aliphatic rings. The minimum absolute atomic E-state index is 0.0401.